The number of carbonyl (C=O) groups is 1. The third kappa shape index (κ3) is 4.22. The van der Waals surface area contributed by atoms with E-state index >= 15 is 0 Å². The summed E-state index contributed by atoms with van der Waals surface area (Å²) in [5, 5.41) is 7.12. The molecule has 0 fully saturated rings. The van der Waals surface area contributed by atoms with Crippen LogP contribution in [0.4, 0.5) is 18.9 Å². The van der Waals surface area contributed by atoms with Crippen molar-refractivity contribution in [1.29, 1.82) is 0 Å². The maximum atomic E-state index is 10.6. The number of anilines is 1. The normalized spacial score (nSPS) is 10.9. The third-order valence-electron chi connectivity index (χ3n) is 2.80. The Bertz CT molecular complexity index is 814. The molecule has 0 saturated heterocycles. The fourth-order valence-corrected chi connectivity index (χ4v) is 1.75. The molecule has 3 N–H and O–H groups in total. The number of carboxylic acids is 1. The van der Waals surface area contributed by atoms with Gasteiger partial charge in [0.2, 0.25) is 0 Å². The van der Waals surface area contributed by atoms with Crippen LogP contribution >= 0.6 is 0 Å². The molecule has 0 saturated carbocycles. The van der Waals surface area contributed by atoms with Crippen molar-refractivity contribution >= 4 is 17.3 Å². The number of rotatable bonds is 1. The topological polar surface area (TPSA) is 80.6 Å². The summed E-state index contributed by atoms with van der Waals surface area (Å²) in [7, 11) is 0. The molecule has 3 rings (SSSR count). The summed E-state index contributed by atoms with van der Waals surface area (Å²) in [5.74, 6) is -2.76. The molecule has 0 atom stereocenters. The molecule has 0 amide bonds. The molecular weight excluding hydrogens is 311 g/mol. The summed E-state index contributed by atoms with van der Waals surface area (Å²) in [6.45, 7) is 0. The highest BCUT2D eigenvalue weighted by Crippen LogP contribution is 2.19. The van der Waals surface area contributed by atoms with Crippen molar-refractivity contribution in [1.82, 2.24) is 9.38 Å². The first-order valence-corrected chi connectivity index (χ1v) is 6.37. The summed E-state index contributed by atoms with van der Waals surface area (Å²) in [6, 6.07) is 13.8. The number of nitrogen functional groups attached to an aromatic ring is 1. The average molecular weight is 323 g/mol. The average Bonchev–Trinajstić information content (AvgIpc) is 2.91. The minimum Gasteiger partial charge on any atom is -0.475 e. The van der Waals surface area contributed by atoms with Crippen LogP contribution in [0, 0.1) is 0 Å². The van der Waals surface area contributed by atoms with Crippen molar-refractivity contribution in [3.05, 3.63) is 54.9 Å². The molecule has 0 aliphatic carbocycles. The van der Waals surface area contributed by atoms with Crippen molar-refractivity contribution < 1.29 is 23.1 Å². The van der Waals surface area contributed by atoms with Gasteiger partial charge < -0.3 is 15.2 Å². The van der Waals surface area contributed by atoms with Crippen LogP contribution in [0.25, 0.3) is 16.9 Å². The number of halogens is 3. The lowest BCUT2D eigenvalue weighted by atomic mass is 10.2. The Hall–Kier alpha value is -3.03. The van der Waals surface area contributed by atoms with E-state index in [1.165, 1.54) is 0 Å². The molecule has 23 heavy (non-hydrogen) atoms. The largest absolute Gasteiger partial charge is 0.490 e. The van der Waals surface area contributed by atoms with Crippen LogP contribution in [-0.2, 0) is 4.79 Å². The van der Waals surface area contributed by atoms with Gasteiger partial charge in [0.1, 0.15) is 5.65 Å². The second-order valence-corrected chi connectivity index (χ2v) is 4.52. The van der Waals surface area contributed by atoms with Crippen LogP contribution in [0.2, 0.25) is 0 Å². The molecule has 1 aromatic carbocycles. The number of aromatic nitrogens is 2. The fraction of sp³-hybridized carbons (Fsp3) is 0.0667. The number of benzene rings is 1. The molecule has 8 heteroatoms. The number of alkyl halides is 3. The van der Waals surface area contributed by atoms with Gasteiger partial charge in [0.15, 0.2) is 0 Å². The van der Waals surface area contributed by atoms with Gasteiger partial charge in [-0.05, 0) is 6.07 Å². The highest BCUT2D eigenvalue weighted by Gasteiger charge is 2.38. The molecule has 120 valence electrons. The number of nitrogens with two attached hydrogens (primary N) is 1. The number of fused-ring (bicyclic) bond motifs is 1. The van der Waals surface area contributed by atoms with Crippen molar-refractivity contribution in [3.63, 3.8) is 0 Å². The van der Waals surface area contributed by atoms with Gasteiger partial charge in [-0.3, -0.25) is 0 Å². The smallest absolute Gasteiger partial charge is 0.475 e. The van der Waals surface area contributed by atoms with E-state index in [-0.39, 0.29) is 0 Å². The first kappa shape index (κ1) is 16.3. The third-order valence-corrected chi connectivity index (χ3v) is 2.80. The zero-order valence-electron chi connectivity index (χ0n) is 11.7. The zero-order chi connectivity index (χ0) is 17.0. The number of hydrogen-bond donors (Lipinski definition) is 2. The number of carboxylic acid groups (broad SMARTS) is 1. The molecule has 2 aromatic heterocycles. The first-order valence-electron chi connectivity index (χ1n) is 6.37. The highest BCUT2D eigenvalue weighted by molar-refractivity contribution is 5.73. The molecular formula is C15H12F3N3O2. The zero-order valence-corrected chi connectivity index (χ0v) is 11.7. The van der Waals surface area contributed by atoms with Crippen LogP contribution < -0.4 is 5.73 Å². The standard InChI is InChI=1S/C13H11N3.C2HF3O2/c14-11-6-7-16-9-12(15-13(16)8-11)10-4-2-1-3-5-10;3-2(4,5)1(6)7/h1-9H,14H2;(H,6,7). The van der Waals surface area contributed by atoms with Gasteiger partial charge in [-0.25, -0.2) is 9.78 Å². The molecule has 3 aromatic rings. The first-order chi connectivity index (χ1) is 10.8. The molecule has 0 spiro atoms. The van der Waals surface area contributed by atoms with E-state index in [0.717, 1.165) is 22.6 Å². The van der Waals surface area contributed by atoms with Gasteiger partial charge in [-0.1, -0.05) is 30.3 Å². The Kier molecular flexibility index (Phi) is 4.54. The molecule has 0 unspecified atom stereocenters. The summed E-state index contributed by atoms with van der Waals surface area (Å²) in [5.41, 5.74) is 9.41. The van der Waals surface area contributed by atoms with E-state index in [1.807, 2.05) is 59.3 Å². The van der Waals surface area contributed by atoms with E-state index in [4.69, 9.17) is 15.6 Å². The minimum absolute atomic E-state index is 0.734. The summed E-state index contributed by atoms with van der Waals surface area (Å²) in [6.07, 6.45) is -1.16. The Labute approximate surface area is 128 Å². The molecule has 2 heterocycles. The van der Waals surface area contributed by atoms with E-state index in [1.54, 1.807) is 0 Å². The highest BCUT2D eigenvalue weighted by atomic mass is 19.4. The van der Waals surface area contributed by atoms with Crippen molar-refractivity contribution in [3.8, 4) is 11.3 Å². The van der Waals surface area contributed by atoms with Gasteiger partial charge >= 0.3 is 12.1 Å². The molecule has 0 aliphatic rings. The van der Waals surface area contributed by atoms with Crippen LogP contribution in [0.5, 0.6) is 0 Å². The van der Waals surface area contributed by atoms with Gasteiger partial charge in [0.05, 0.1) is 5.69 Å². The van der Waals surface area contributed by atoms with Crippen LogP contribution in [0.3, 0.4) is 0 Å². The monoisotopic (exact) mass is 323 g/mol. The Balaban J connectivity index is 0.000000236. The van der Waals surface area contributed by atoms with E-state index in [9.17, 15) is 13.2 Å². The minimum atomic E-state index is -5.08. The quantitative estimate of drug-likeness (QED) is 0.720. The number of nitrogens with zero attached hydrogens (tertiary/aromatic N) is 2. The summed E-state index contributed by atoms with van der Waals surface area (Å²) in [4.78, 5) is 13.4. The molecule has 0 bridgehead atoms. The number of imidazole rings is 1. The van der Waals surface area contributed by atoms with Gasteiger partial charge in [0.25, 0.3) is 0 Å². The summed E-state index contributed by atoms with van der Waals surface area (Å²) >= 11 is 0. The van der Waals surface area contributed by atoms with E-state index < -0.39 is 12.1 Å². The maximum absolute atomic E-state index is 10.6. The number of hydrogen-bond acceptors (Lipinski definition) is 3. The molecule has 5 nitrogen and oxygen atoms in total. The molecule has 0 aliphatic heterocycles. The van der Waals surface area contributed by atoms with Gasteiger partial charge in [-0.15, -0.1) is 0 Å². The van der Waals surface area contributed by atoms with Crippen molar-refractivity contribution in [2.45, 2.75) is 6.18 Å². The van der Waals surface area contributed by atoms with Crippen molar-refractivity contribution in [2.24, 2.45) is 0 Å². The lowest BCUT2D eigenvalue weighted by Crippen LogP contribution is -2.21. The van der Waals surface area contributed by atoms with Gasteiger partial charge in [0, 0.05) is 29.7 Å². The van der Waals surface area contributed by atoms with Gasteiger partial charge in [-0.2, -0.15) is 13.2 Å². The van der Waals surface area contributed by atoms with Crippen LogP contribution in [0.15, 0.2) is 54.9 Å². The maximum Gasteiger partial charge on any atom is 0.490 e. The Morgan fingerprint density at radius 3 is 2.35 bits per heavy atom. The van der Waals surface area contributed by atoms with Crippen LogP contribution in [-0.4, -0.2) is 26.6 Å². The predicted molar refractivity (Wildman–Crippen MR) is 78.7 cm³/mol. The second-order valence-electron chi connectivity index (χ2n) is 4.52. The SMILES string of the molecule is Nc1ccn2cc(-c3ccccc3)nc2c1.O=C(O)C(F)(F)F. The Morgan fingerprint density at radius 1 is 1.17 bits per heavy atom. The van der Waals surface area contributed by atoms with Crippen molar-refractivity contribution in [2.75, 3.05) is 5.73 Å². The predicted octanol–water partition coefficient (Wildman–Crippen LogP) is 3.22. The molecule has 0 radical (unpaired) electrons. The van der Waals surface area contributed by atoms with E-state index in [2.05, 4.69) is 4.98 Å². The second kappa shape index (κ2) is 6.39. The van der Waals surface area contributed by atoms with Crippen LogP contribution in [0.1, 0.15) is 0 Å². The summed E-state index contributed by atoms with van der Waals surface area (Å²) < 4.78 is 33.7. The lowest BCUT2D eigenvalue weighted by molar-refractivity contribution is -0.192. The number of pyridine rings is 1. The fourth-order valence-electron chi connectivity index (χ4n) is 1.75. The number of aliphatic carboxylic acids is 1. The lowest BCUT2D eigenvalue weighted by Gasteiger charge is -1.93. The van der Waals surface area contributed by atoms with E-state index in [0.29, 0.717) is 0 Å². The Morgan fingerprint density at radius 2 is 1.78 bits per heavy atom.